The van der Waals surface area contributed by atoms with E-state index in [2.05, 4.69) is 12.2 Å². The van der Waals surface area contributed by atoms with Gasteiger partial charge in [-0.15, -0.1) is 0 Å². The van der Waals surface area contributed by atoms with Crippen LogP contribution in [-0.2, 0) is 0 Å². The van der Waals surface area contributed by atoms with Crippen molar-refractivity contribution in [2.75, 3.05) is 26.3 Å². The van der Waals surface area contributed by atoms with Gasteiger partial charge in [0.25, 0.3) is 0 Å². The van der Waals surface area contributed by atoms with Gasteiger partial charge in [0, 0.05) is 13.1 Å². The van der Waals surface area contributed by atoms with E-state index in [9.17, 15) is 0 Å². The summed E-state index contributed by atoms with van der Waals surface area (Å²) in [6.07, 6.45) is 0. The van der Waals surface area contributed by atoms with Crippen LogP contribution in [0.1, 0.15) is 0 Å². The molecule has 6 heteroatoms. The van der Waals surface area contributed by atoms with Crippen molar-refractivity contribution in [3.05, 3.63) is 0 Å². The van der Waals surface area contributed by atoms with E-state index >= 15 is 0 Å². The highest BCUT2D eigenvalue weighted by Gasteiger charge is 2.04. The average molecular weight is 196 g/mol. The van der Waals surface area contributed by atoms with Gasteiger partial charge in [0.1, 0.15) is 4.32 Å². The Morgan fingerprint density at radius 1 is 1.36 bits per heavy atom. The van der Waals surface area contributed by atoms with Crippen molar-refractivity contribution in [1.82, 2.24) is 4.31 Å². The number of aliphatic hydroxyl groups excluding tert-OH is 2. The van der Waals surface area contributed by atoms with Gasteiger partial charge in [-0.2, -0.15) is 0 Å². The van der Waals surface area contributed by atoms with Crippen molar-refractivity contribution in [3.8, 4) is 0 Å². The Hall–Kier alpha value is 0.120. The lowest BCUT2D eigenvalue weighted by atomic mass is 10.6. The van der Waals surface area contributed by atoms with Crippen LogP contribution in [-0.4, -0.2) is 45.1 Å². The molecule has 0 saturated heterocycles. The fraction of sp³-hybridized carbons (Fsp3) is 0.800. The zero-order valence-corrected chi connectivity index (χ0v) is 7.70. The van der Waals surface area contributed by atoms with E-state index in [1.807, 2.05) is 0 Å². The van der Waals surface area contributed by atoms with Gasteiger partial charge in [-0.05, 0) is 11.9 Å². The van der Waals surface area contributed by atoms with Crippen LogP contribution in [0, 0.1) is 0 Å². The normalized spacial score (nSPS) is 10.5. The first-order valence-corrected chi connectivity index (χ1v) is 4.33. The molecule has 0 aromatic carbocycles. The second kappa shape index (κ2) is 6.81. The standard InChI is InChI=1S/C5H12N2O2S2/c6-5(10)11-7(1-3-8)2-4-9/h8-9H,1-4H2,(H2,6,10). The molecule has 0 aromatic rings. The van der Waals surface area contributed by atoms with Crippen LogP contribution in [0.25, 0.3) is 0 Å². The number of nitrogens with zero attached hydrogens (tertiary/aromatic N) is 1. The first-order chi connectivity index (χ1) is 5.20. The minimum atomic E-state index is 0.0373. The van der Waals surface area contributed by atoms with Crippen LogP contribution in [0.4, 0.5) is 0 Å². The Morgan fingerprint density at radius 3 is 2.09 bits per heavy atom. The topological polar surface area (TPSA) is 69.7 Å². The monoisotopic (exact) mass is 196 g/mol. The molecule has 0 atom stereocenters. The molecule has 0 aliphatic carbocycles. The van der Waals surface area contributed by atoms with E-state index in [0.717, 1.165) is 0 Å². The summed E-state index contributed by atoms with van der Waals surface area (Å²) in [6.45, 7) is 0.996. The van der Waals surface area contributed by atoms with Gasteiger partial charge in [-0.1, -0.05) is 12.2 Å². The molecule has 0 fully saturated rings. The quantitative estimate of drug-likeness (QED) is 0.394. The van der Waals surface area contributed by atoms with Gasteiger partial charge in [-0.25, -0.2) is 4.31 Å². The smallest absolute Gasteiger partial charge is 0.146 e. The van der Waals surface area contributed by atoms with Crippen LogP contribution in [0.15, 0.2) is 0 Å². The molecule has 4 N–H and O–H groups in total. The van der Waals surface area contributed by atoms with E-state index in [-0.39, 0.29) is 13.2 Å². The van der Waals surface area contributed by atoms with Gasteiger partial charge in [0.05, 0.1) is 13.2 Å². The van der Waals surface area contributed by atoms with Crippen molar-refractivity contribution in [1.29, 1.82) is 0 Å². The summed E-state index contributed by atoms with van der Waals surface area (Å²) >= 11 is 5.81. The molecular weight excluding hydrogens is 184 g/mol. The van der Waals surface area contributed by atoms with E-state index in [0.29, 0.717) is 17.4 Å². The fourth-order valence-corrected chi connectivity index (χ4v) is 1.47. The zero-order chi connectivity index (χ0) is 8.69. The van der Waals surface area contributed by atoms with E-state index < -0.39 is 0 Å². The third-order valence-corrected chi connectivity index (χ3v) is 1.94. The molecule has 0 unspecified atom stereocenters. The highest BCUT2D eigenvalue weighted by molar-refractivity contribution is 8.21. The minimum absolute atomic E-state index is 0.0373. The molecule has 0 amide bonds. The predicted molar refractivity (Wildman–Crippen MR) is 50.1 cm³/mol. The fourth-order valence-electron chi connectivity index (χ4n) is 0.553. The lowest BCUT2D eigenvalue weighted by Gasteiger charge is -2.16. The van der Waals surface area contributed by atoms with Gasteiger partial charge >= 0.3 is 0 Å². The summed E-state index contributed by atoms with van der Waals surface area (Å²) in [4.78, 5) is 0. The first kappa shape index (κ1) is 11.1. The summed E-state index contributed by atoms with van der Waals surface area (Å²) in [5.41, 5.74) is 5.24. The third-order valence-electron chi connectivity index (χ3n) is 0.918. The number of rotatable bonds is 5. The molecule has 4 nitrogen and oxygen atoms in total. The summed E-state index contributed by atoms with van der Waals surface area (Å²) in [5.74, 6) is 0. The maximum absolute atomic E-state index is 8.56. The first-order valence-electron chi connectivity index (χ1n) is 3.14. The average Bonchev–Trinajstić information content (AvgIpc) is 1.87. The number of thiocarbonyl (C=S) groups is 1. The summed E-state index contributed by atoms with van der Waals surface area (Å²) < 4.78 is 2.01. The SMILES string of the molecule is NC(=S)SN(CCO)CCO. The molecule has 0 heterocycles. The molecule has 0 aliphatic heterocycles. The molecule has 0 rings (SSSR count). The predicted octanol–water partition coefficient (Wildman–Crippen LogP) is -0.835. The molecule has 0 aromatic heterocycles. The van der Waals surface area contributed by atoms with Crippen LogP contribution >= 0.6 is 24.2 Å². The lowest BCUT2D eigenvalue weighted by molar-refractivity contribution is 0.227. The lowest BCUT2D eigenvalue weighted by Crippen LogP contribution is -2.26. The van der Waals surface area contributed by atoms with Crippen LogP contribution in [0.3, 0.4) is 0 Å². The van der Waals surface area contributed by atoms with E-state index in [1.54, 1.807) is 4.31 Å². The summed E-state index contributed by atoms with van der Waals surface area (Å²) in [7, 11) is 0. The second-order valence-corrected chi connectivity index (χ2v) is 3.62. The molecular formula is C5H12N2O2S2. The van der Waals surface area contributed by atoms with E-state index in [1.165, 1.54) is 11.9 Å². The highest BCUT2D eigenvalue weighted by Crippen LogP contribution is 2.07. The van der Waals surface area contributed by atoms with Gasteiger partial charge < -0.3 is 15.9 Å². The summed E-state index contributed by atoms with van der Waals surface area (Å²) in [6, 6.07) is 0. The maximum atomic E-state index is 8.56. The molecule has 0 radical (unpaired) electrons. The largest absolute Gasteiger partial charge is 0.395 e. The van der Waals surface area contributed by atoms with Crippen molar-refractivity contribution >= 4 is 28.5 Å². The minimum Gasteiger partial charge on any atom is -0.395 e. The molecule has 0 bridgehead atoms. The summed E-state index contributed by atoms with van der Waals surface area (Å²) in [5, 5.41) is 17.1. The molecule has 0 spiro atoms. The number of hydrogen-bond donors (Lipinski definition) is 3. The van der Waals surface area contributed by atoms with Gasteiger partial charge in [0.15, 0.2) is 0 Å². The van der Waals surface area contributed by atoms with Crippen LogP contribution < -0.4 is 5.73 Å². The van der Waals surface area contributed by atoms with Crippen molar-refractivity contribution in [3.63, 3.8) is 0 Å². The second-order valence-electron chi connectivity index (χ2n) is 1.79. The Morgan fingerprint density at radius 2 is 1.82 bits per heavy atom. The van der Waals surface area contributed by atoms with E-state index in [4.69, 9.17) is 15.9 Å². The number of nitrogens with two attached hydrogens (primary N) is 1. The zero-order valence-electron chi connectivity index (χ0n) is 6.06. The molecule has 0 aliphatic rings. The van der Waals surface area contributed by atoms with Crippen molar-refractivity contribution < 1.29 is 10.2 Å². The molecule has 11 heavy (non-hydrogen) atoms. The van der Waals surface area contributed by atoms with Crippen LogP contribution in [0.2, 0.25) is 0 Å². The Labute approximate surface area is 75.5 Å². The molecule has 0 saturated carbocycles. The Bertz CT molecular complexity index is 117. The number of hydrogen-bond acceptors (Lipinski definition) is 5. The van der Waals surface area contributed by atoms with Gasteiger partial charge in [-0.3, -0.25) is 0 Å². The van der Waals surface area contributed by atoms with Crippen molar-refractivity contribution in [2.45, 2.75) is 0 Å². The maximum Gasteiger partial charge on any atom is 0.146 e. The van der Waals surface area contributed by atoms with Crippen molar-refractivity contribution in [2.24, 2.45) is 5.73 Å². The number of aliphatic hydroxyl groups is 2. The van der Waals surface area contributed by atoms with Gasteiger partial charge in [0.2, 0.25) is 0 Å². The van der Waals surface area contributed by atoms with Crippen LogP contribution in [0.5, 0.6) is 0 Å². The Balaban J connectivity index is 3.59. The third kappa shape index (κ3) is 6.52. The molecule has 66 valence electrons. The highest BCUT2D eigenvalue weighted by atomic mass is 32.2. The Kier molecular flexibility index (Phi) is 6.88.